The third kappa shape index (κ3) is 3.57. The second-order valence-corrected chi connectivity index (χ2v) is 5.36. The zero-order valence-electron chi connectivity index (χ0n) is 11.8. The Labute approximate surface area is 115 Å². The van der Waals surface area contributed by atoms with Crippen molar-refractivity contribution in [3.8, 4) is 0 Å². The summed E-state index contributed by atoms with van der Waals surface area (Å²) in [6.07, 6.45) is 3.53. The fraction of sp³-hybridized carbons (Fsp3) is 0.562. The molecule has 1 amide bonds. The van der Waals surface area contributed by atoms with Crippen molar-refractivity contribution in [2.45, 2.75) is 32.6 Å². The molecule has 2 rings (SSSR count). The Morgan fingerprint density at radius 2 is 1.84 bits per heavy atom. The van der Waals surface area contributed by atoms with Gasteiger partial charge in [0.05, 0.1) is 0 Å². The number of rotatable bonds is 4. The van der Waals surface area contributed by atoms with Gasteiger partial charge >= 0.3 is 0 Å². The first-order chi connectivity index (χ1) is 9.24. The topological polar surface area (TPSA) is 46.3 Å². The summed E-state index contributed by atoms with van der Waals surface area (Å²) in [6, 6.07) is 8.52. The molecule has 0 saturated carbocycles. The predicted octanol–water partition coefficient (Wildman–Crippen LogP) is 1.99. The van der Waals surface area contributed by atoms with Gasteiger partial charge < -0.3 is 10.6 Å². The highest BCUT2D eigenvalue weighted by molar-refractivity contribution is 5.76. The lowest BCUT2D eigenvalue weighted by atomic mass is 10.0. The lowest BCUT2D eigenvalue weighted by Gasteiger charge is -2.22. The molecule has 0 bridgehead atoms. The number of hydrogen-bond donors (Lipinski definition) is 1. The van der Waals surface area contributed by atoms with Gasteiger partial charge in [0.15, 0.2) is 0 Å². The summed E-state index contributed by atoms with van der Waals surface area (Å²) < 4.78 is 0. The van der Waals surface area contributed by atoms with Crippen LogP contribution in [0.3, 0.4) is 0 Å². The van der Waals surface area contributed by atoms with E-state index in [2.05, 4.69) is 31.2 Å². The minimum Gasteiger partial charge on any atom is -0.342 e. The maximum absolute atomic E-state index is 12.3. The van der Waals surface area contributed by atoms with E-state index in [0.717, 1.165) is 32.4 Å². The molecule has 2 N–H and O–H groups in total. The van der Waals surface area contributed by atoms with Crippen LogP contribution in [0.5, 0.6) is 0 Å². The molecule has 3 nitrogen and oxygen atoms in total. The van der Waals surface area contributed by atoms with Crippen LogP contribution in [-0.2, 0) is 17.6 Å². The maximum Gasteiger partial charge on any atom is 0.222 e. The average Bonchev–Trinajstić information content (AvgIpc) is 2.67. The fourth-order valence-corrected chi connectivity index (χ4v) is 2.69. The monoisotopic (exact) mass is 260 g/mol. The minimum absolute atomic E-state index is 0.269. The Hall–Kier alpha value is -1.35. The SMILES string of the molecule is CCC(CN)CC(=O)N1CCc2ccccc2CC1. The Kier molecular flexibility index (Phi) is 4.97. The van der Waals surface area contributed by atoms with E-state index in [-0.39, 0.29) is 5.91 Å². The number of carbonyl (C=O) groups excluding carboxylic acids is 1. The molecule has 0 spiro atoms. The summed E-state index contributed by atoms with van der Waals surface area (Å²) in [5.74, 6) is 0.600. The number of carbonyl (C=O) groups is 1. The summed E-state index contributed by atoms with van der Waals surface area (Å²) in [4.78, 5) is 14.3. The van der Waals surface area contributed by atoms with Gasteiger partial charge in [-0.1, -0.05) is 37.6 Å². The number of benzene rings is 1. The lowest BCUT2D eigenvalue weighted by Crippen LogP contribution is -2.35. The van der Waals surface area contributed by atoms with E-state index in [1.165, 1.54) is 11.1 Å². The van der Waals surface area contributed by atoms with E-state index in [0.29, 0.717) is 18.9 Å². The van der Waals surface area contributed by atoms with E-state index in [9.17, 15) is 4.79 Å². The van der Waals surface area contributed by atoms with Crippen LogP contribution in [0.1, 0.15) is 30.9 Å². The summed E-state index contributed by atoms with van der Waals surface area (Å²) in [5, 5.41) is 0. The van der Waals surface area contributed by atoms with Crippen LogP contribution < -0.4 is 5.73 Å². The molecule has 0 fully saturated rings. The summed E-state index contributed by atoms with van der Waals surface area (Å²) in [5.41, 5.74) is 8.47. The molecule has 1 atom stereocenters. The van der Waals surface area contributed by atoms with E-state index < -0.39 is 0 Å². The largest absolute Gasteiger partial charge is 0.342 e. The number of hydrogen-bond acceptors (Lipinski definition) is 2. The van der Waals surface area contributed by atoms with E-state index in [1.54, 1.807) is 0 Å². The van der Waals surface area contributed by atoms with E-state index >= 15 is 0 Å². The first kappa shape index (κ1) is 14.1. The molecule has 1 aromatic rings. The highest BCUT2D eigenvalue weighted by Gasteiger charge is 2.20. The molecule has 1 heterocycles. The third-order valence-corrected chi connectivity index (χ3v) is 4.15. The Bertz CT molecular complexity index is 400. The van der Waals surface area contributed by atoms with Crippen LogP contribution in [0.15, 0.2) is 24.3 Å². The first-order valence-electron chi connectivity index (χ1n) is 7.29. The molecule has 0 radical (unpaired) electrons. The zero-order valence-corrected chi connectivity index (χ0v) is 11.8. The Balaban J connectivity index is 1.96. The maximum atomic E-state index is 12.3. The Morgan fingerprint density at radius 3 is 2.32 bits per heavy atom. The van der Waals surface area contributed by atoms with Gasteiger partial charge in [-0.05, 0) is 36.4 Å². The summed E-state index contributed by atoms with van der Waals surface area (Å²) in [7, 11) is 0. The van der Waals surface area contributed by atoms with Crippen molar-refractivity contribution in [3.63, 3.8) is 0 Å². The number of nitrogens with two attached hydrogens (primary N) is 1. The smallest absolute Gasteiger partial charge is 0.222 e. The highest BCUT2D eigenvalue weighted by atomic mass is 16.2. The summed E-state index contributed by atoms with van der Waals surface area (Å²) >= 11 is 0. The molecular weight excluding hydrogens is 236 g/mol. The van der Waals surface area contributed by atoms with E-state index in [1.807, 2.05) is 4.90 Å². The van der Waals surface area contributed by atoms with Crippen molar-refractivity contribution in [3.05, 3.63) is 35.4 Å². The molecule has 0 saturated heterocycles. The highest BCUT2D eigenvalue weighted by Crippen LogP contribution is 2.17. The normalized spacial score (nSPS) is 16.6. The zero-order chi connectivity index (χ0) is 13.7. The Morgan fingerprint density at radius 1 is 1.26 bits per heavy atom. The van der Waals surface area contributed by atoms with Crippen LogP contribution >= 0.6 is 0 Å². The van der Waals surface area contributed by atoms with Crippen molar-refractivity contribution < 1.29 is 4.79 Å². The van der Waals surface area contributed by atoms with Gasteiger partial charge in [-0.15, -0.1) is 0 Å². The van der Waals surface area contributed by atoms with Crippen molar-refractivity contribution in [2.75, 3.05) is 19.6 Å². The van der Waals surface area contributed by atoms with Crippen molar-refractivity contribution >= 4 is 5.91 Å². The van der Waals surface area contributed by atoms with Gasteiger partial charge in [-0.3, -0.25) is 4.79 Å². The number of nitrogens with zero attached hydrogens (tertiary/aromatic N) is 1. The van der Waals surface area contributed by atoms with Crippen LogP contribution in [-0.4, -0.2) is 30.4 Å². The van der Waals surface area contributed by atoms with Crippen molar-refractivity contribution in [2.24, 2.45) is 11.7 Å². The minimum atomic E-state index is 0.269. The molecule has 19 heavy (non-hydrogen) atoms. The van der Waals surface area contributed by atoms with Gasteiger partial charge in [0, 0.05) is 19.5 Å². The van der Waals surface area contributed by atoms with Gasteiger partial charge in [0.1, 0.15) is 0 Å². The first-order valence-corrected chi connectivity index (χ1v) is 7.29. The quantitative estimate of drug-likeness (QED) is 0.900. The van der Waals surface area contributed by atoms with Gasteiger partial charge in [-0.25, -0.2) is 0 Å². The van der Waals surface area contributed by atoms with Gasteiger partial charge in [0.25, 0.3) is 0 Å². The van der Waals surface area contributed by atoms with Gasteiger partial charge in [0.2, 0.25) is 5.91 Å². The second-order valence-electron chi connectivity index (χ2n) is 5.36. The third-order valence-electron chi connectivity index (χ3n) is 4.15. The van der Waals surface area contributed by atoms with E-state index in [4.69, 9.17) is 5.73 Å². The summed E-state index contributed by atoms with van der Waals surface area (Å²) in [6.45, 7) is 4.40. The van der Waals surface area contributed by atoms with Crippen LogP contribution in [0.25, 0.3) is 0 Å². The number of amides is 1. The van der Waals surface area contributed by atoms with Crippen molar-refractivity contribution in [1.82, 2.24) is 4.90 Å². The molecule has 3 heteroatoms. The van der Waals surface area contributed by atoms with Crippen molar-refractivity contribution in [1.29, 1.82) is 0 Å². The lowest BCUT2D eigenvalue weighted by molar-refractivity contribution is -0.132. The molecule has 0 aliphatic carbocycles. The van der Waals surface area contributed by atoms with Crippen LogP contribution in [0.2, 0.25) is 0 Å². The molecule has 1 aliphatic rings. The van der Waals surface area contributed by atoms with Crippen LogP contribution in [0, 0.1) is 5.92 Å². The molecule has 104 valence electrons. The molecular formula is C16H24N2O. The fourth-order valence-electron chi connectivity index (χ4n) is 2.69. The second kappa shape index (κ2) is 6.71. The van der Waals surface area contributed by atoms with Crippen LogP contribution in [0.4, 0.5) is 0 Å². The molecule has 0 aromatic heterocycles. The molecule has 1 unspecified atom stereocenters. The van der Waals surface area contributed by atoms with Gasteiger partial charge in [-0.2, -0.15) is 0 Å². The number of fused-ring (bicyclic) bond motifs is 1. The molecule has 1 aliphatic heterocycles. The predicted molar refractivity (Wildman–Crippen MR) is 77.9 cm³/mol. The average molecular weight is 260 g/mol. The molecule has 1 aromatic carbocycles. The standard InChI is InChI=1S/C16H24N2O/c1-2-13(12-17)11-16(19)18-9-7-14-5-3-4-6-15(14)8-10-18/h3-6,13H,2,7-12,17H2,1H3.